The molecule has 18 N–H and O–H groups in total. The predicted molar refractivity (Wildman–Crippen MR) is 272 cm³/mol. The van der Waals surface area contributed by atoms with Crippen molar-refractivity contribution >= 4 is 86.6 Å². The summed E-state index contributed by atoms with van der Waals surface area (Å²) in [5, 5.41) is 28.1. The second kappa shape index (κ2) is 28.8. The number of phenols is 1. The number of likely N-dealkylation sites (tertiary alicyclic amines) is 1. The zero-order valence-corrected chi connectivity index (χ0v) is 42.1. The van der Waals surface area contributed by atoms with E-state index < -0.39 is 126 Å². The molecule has 0 saturated carbocycles. The van der Waals surface area contributed by atoms with Gasteiger partial charge in [-0.25, -0.2) is 0 Å². The number of amides is 10. The maximum atomic E-state index is 14.6. The number of phenolic OH excluding ortho intramolecular Hbond substituents is 1. The number of nitrogens with two attached hydrogens (primary N) is 5. The molecule has 8 atom stereocenters. The van der Waals surface area contributed by atoms with E-state index in [0.29, 0.717) is 17.5 Å². The van der Waals surface area contributed by atoms with Crippen LogP contribution in [0.15, 0.2) is 59.6 Å². The Morgan fingerprint density at radius 3 is 1.96 bits per heavy atom. The smallest absolute Gasteiger partial charge is 0.246 e. The molecule has 0 bridgehead atoms. The number of benzene rings is 2. The quantitative estimate of drug-likeness (QED) is 0.0311. The van der Waals surface area contributed by atoms with Crippen molar-refractivity contribution in [2.75, 3.05) is 31.1 Å². The summed E-state index contributed by atoms with van der Waals surface area (Å²) in [6, 6.07) is 3.86. The van der Waals surface area contributed by atoms with Crippen LogP contribution in [0.25, 0.3) is 0 Å². The van der Waals surface area contributed by atoms with Gasteiger partial charge in [0, 0.05) is 37.4 Å². The summed E-state index contributed by atoms with van der Waals surface area (Å²) in [6.45, 7) is 2.85. The monoisotopic (exact) mass is 1050 g/mol. The summed E-state index contributed by atoms with van der Waals surface area (Å²) in [5.74, 6) is -9.49. The van der Waals surface area contributed by atoms with Gasteiger partial charge in [0.15, 0.2) is 5.96 Å². The Bertz CT molecular complexity index is 2320. The lowest BCUT2D eigenvalue weighted by Crippen LogP contribution is -2.62. The lowest BCUT2D eigenvalue weighted by Gasteiger charge is -2.31. The van der Waals surface area contributed by atoms with E-state index in [-0.39, 0.29) is 68.4 Å². The number of carbonyl (C=O) groups is 10. The van der Waals surface area contributed by atoms with Crippen LogP contribution in [0.5, 0.6) is 5.75 Å². The fourth-order valence-electron chi connectivity index (χ4n) is 7.75. The van der Waals surface area contributed by atoms with Gasteiger partial charge in [0.25, 0.3) is 0 Å². The summed E-state index contributed by atoms with van der Waals surface area (Å²) < 4.78 is 0. The van der Waals surface area contributed by atoms with E-state index in [1.54, 1.807) is 56.3 Å². The molecule has 2 aromatic carbocycles. The number of rotatable bonds is 17. The van der Waals surface area contributed by atoms with Gasteiger partial charge in [0.2, 0.25) is 59.1 Å². The molecule has 0 spiro atoms. The van der Waals surface area contributed by atoms with Crippen LogP contribution in [0, 0.1) is 5.92 Å². The second-order valence-corrected chi connectivity index (χ2v) is 20.3. The third kappa shape index (κ3) is 19.1. The standard InChI is InChI=1S/C46H66N14O11S2/c1-24(2)37-44(70)57-32(20-35(48)62)41(67)58-33(45(71)60-17-7-11-34(60)43(69)54-29(10-6-16-52-46(50)51)39(65)53-21-36(49)63)23-73-72-22-28(47)38(64)55-30(19-26-12-14-27(61)15-13-26)40(66)56-31(42(68)59-37)18-25-8-4-3-5-9-25/h3-5,8-9,12-15,24,28-34,37,61H,6-7,10-11,16-23,47H2,1-2H3,(H2,48,62)(H2,49,63)(H,53,65)(H,54,69)(H,55,64)(H,56,66)(H,57,70)(H,58,67)(H,59,68)(H4,50,51,52)/t28-,29-,30-,31-,32-,33-,34-,37-/m0/s1. The minimum absolute atomic E-state index is 0.0232. The van der Waals surface area contributed by atoms with Gasteiger partial charge in [0.1, 0.15) is 48.0 Å². The molecule has 2 saturated heterocycles. The third-order valence-corrected chi connectivity index (χ3v) is 14.0. The van der Waals surface area contributed by atoms with Crippen molar-refractivity contribution < 1.29 is 53.1 Å². The molecular weight excluding hydrogens is 989 g/mol. The first-order chi connectivity index (χ1) is 34.6. The number of primary amides is 2. The van der Waals surface area contributed by atoms with Gasteiger partial charge in [-0.2, -0.15) is 0 Å². The highest BCUT2D eigenvalue weighted by molar-refractivity contribution is 8.76. The highest BCUT2D eigenvalue weighted by atomic mass is 33.1. The van der Waals surface area contributed by atoms with Crippen molar-refractivity contribution in [2.24, 2.45) is 39.6 Å². The van der Waals surface area contributed by atoms with Crippen LogP contribution < -0.4 is 65.9 Å². The lowest BCUT2D eigenvalue weighted by molar-refractivity contribution is -0.142. The largest absolute Gasteiger partial charge is 0.508 e. The van der Waals surface area contributed by atoms with Crippen LogP contribution in [0.3, 0.4) is 0 Å². The Kier molecular flexibility index (Phi) is 23.0. The van der Waals surface area contributed by atoms with E-state index in [2.05, 4.69) is 42.2 Å². The average Bonchev–Trinajstić information content (AvgIpc) is 3.84. The highest BCUT2D eigenvalue weighted by Crippen LogP contribution is 2.26. The third-order valence-electron chi connectivity index (χ3n) is 11.6. The fourth-order valence-corrected chi connectivity index (χ4v) is 10.0. The number of nitrogens with one attached hydrogen (secondary N) is 7. The first-order valence-electron chi connectivity index (χ1n) is 23.5. The van der Waals surface area contributed by atoms with Crippen molar-refractivity contribution in [3.63, 3.8) is 0 Å². The number of aliphatic imine (C=N–C) groups is 1. The summed E-state index contributed by atoms with van der Waals surface area (Å²) >= 11 is 0. The van der Waals surface area contributed by atoms with Crippen molar-refractivity contribution in [3.05, 3.63) is 65.7 Å². The molecule has 2 fully saturated rings. The Balaban J connectivity index is 1.68. The van der Waals surface area contributed by atoms with E-state index in [1.165, 1.54) is 17.0 Å². The first-order valence-corrected chi connectivity index (χ1v) is 26.0. The van der Waals surface area contributed by atoms with Crippen molar-refractivity contribution in [1.82, 2.24) is 42.1 Å². The fraction of sp³-hybridized carbons (Fsp3) is 0.500. The predicted octanol–water partition coefficient (Wildman–Crippen LogP) is -4.01. The lowest BCUT2D eigenvalue weighted by atomic mass is 9.99. The zero-order valence-electron chi connectivity index (χ0n) is 40.5. The molecule has 0 unspecified atom stereocenters. The van der Waals surface area contributed by atoms with Crippen LogP contribution in [-0.4, -0.2) is 155 Å². The Hall–Kier alpha value is -7.13. The molecule has 2 aliphatic rings. The van der Waals surface area contributed by atoms with Crippen LogP contribution >= 0.6 is 21.6 Å². The molecule has 0 aromatic heterocycles. The van der Waals surface area contributed by atoms with Crippen LogP contribution in [-0.2, 0) is 60.8 Å². The summed E-state index contributed by atoms with van der Waals surface area (Å²) in [4.78, 5) is 141. The molecule has 73 heavy (non-hydrogen) atoms. The van der Waals surface area contributed by atoms with Crippen LogP contribution in [0.1, 0.15) is 57.1 Å². The zero-order chi connectivity index (χ0) is 53.8. The summed E-state index contributed by atoms with van der Waals surface area (Å²) in [5.41, 5.74) is 29.1. The summed E-state index contributed by atoms with van der Waals surface area (Å²) in [6.07, 6.45) is -0.162. The maximum Gasteiger partial charge on any atom is 0.246 e. The van der Waals surface area contributed by atoms with Crippen molar-refractivity contribution in [2.45, 2.75) is 107 Å². The molecule has 0 radical (unpaired) electrons. The van der Waals surface area contributed by atoms with Gasteiger partial charge >= 0.3 is 0 Å². The summed E-state index contributed by atoms with van der Waals surface area (Å²) in [7, 11) is 2.07. The minimum Gasteiger partial charge on any atom is -0.508 e. The molecule has 0 aliphatic carbocycles. The van der Waals surface area contributed by atoms with Gasteiger partial charge in [-0.15, -0.1) is 0 Å². The molecule has 2 aromatic rings. The normalized spacial score (nSPS) is 23.0. The Morgan fingerprint density at radius 1 is 0.753 bits per heavy atom. The van der Waals surface area contributed by atoms with E-state index in [9.17, 15) is 53.1 Å². The molecule has 398 valence electrons. The second-order valence-electron chi connectivity index (χ2n) is 17.8. The average molecular weight is 1060 g/mol. The van der Waals surface area contributed by atoms with Crippen molar-refractivity contribution in [1.29, 1.82) is 0 Å². The molecule has 25 nitrogen and oxygen atoms in total. The number of hydrogen-bond acceptors (Lipinski definition) is 15. The van der Waals surface area contributed by atoms with E-state index in [1.807, 2.05) is 0 Å². The van der Waals surface area contributed by atoms with E-state index in [4.69, 9.17) is 28.7 Å². The Labute approximate surface area is 429 Å². The van der Waals surface area contributed by atoms with Gasteiger partial charge in [0.05, 0.1) is 19.0 Å². The highest BCUT2D eigenvalue weighted by Gasteiger charge is 2.41. The molecule has 10 amide bonds. The maximum absolute atomic E-state index is 14.6. The van der Waals surface area contributed by atoms with Gasteiger partial charge in [-0.05, 0) is 54.9 Å². The van der Waals surface area contributed by atoms with Crippen molar-refractivity contribution in [3.8, 4) is 5.75 Å². The van der Waals surface area contributed by atoms with Gasteiger partial charge in [-0.1, -0.05) is 77.9 Å². The Morgan fingerprint density at radius 2 is 1.34 bits per heavy atom. The van der Waals surface area contributed by atoms with Gasteiger partial charge < -0.3 is 75.9 Å². The molecular formula is C46H66N14O11S2. The van der Waals surface area contributed by atoms with Crippen LogP contribution in [0.4, 0.5) is 0 Å². The number of hydrogen-bond donors (Lipinski definition) is 13. The minimum atomic E-state index is -1.68. The first kappa shape index (κ1) is 58.4. The van der Waals surface area contributed by atoms with Crippen LogP contribution in [0.2, 0.25) is 0 Å². The molecule has 2 aliphatic heterocycles. The van der Waals surface area contributed by atoms with Gasteiger partial charge in [-0.3, -0.25) is 52.9 Å². The number of guanidine groups is 1. The number of aromatic hydroxyl groups is 1. The van der Waals surface area contributed by atoms with E-state index >= 15 is 0 Å². The topological polar surface area (TPSA) is 421 Å². The molecule has 27 heteroatoms. The van der Waals surface area contributed by atoms with E-state index in [0.717, 1.165) is 21.6 Å². The number of nitrogens with zero attached hydrogens (tertiary/aromatic N) is 2. The SMILES string of the molecule is CC(C)[C@@H]1NC(=O)[C@H](Cc2ccccc2)NC(=O)[C@H](Cc2ccc(O)cc2)NC(=O)[C@@H](N)CSSC[C@@H](C(=O)N2CCC[C@H]2C(=O)N[C@@H](CCCN=C(N)N)C(=O)NCC(N)=O)NC(=O)[C@H](CC(N)=O)NC1=O. The molecule has 2 heterocycles. The number of carbonyl (C=O) groups excluding carboxylic acids is 10. The molecule has 4 rings (SSSR count).